The Hall–Kier alpha value is -1.79. The number of nitrogens with one attached hydrogen (secondary N) is 1. The predicted molar refractivity (Wildman–Crippen MR) is 88.8 cm³/mol. The van der Waals surface area contributed by atoms with Gasteiger partial charge in [-0.25, -0.2) is 4.39 Å². The monoisotopic (exact) mass is 366 g/mol. The zero-order valence-corrected chi connectivity index (χ0v) is 13.3. The van der Waals surface area contributed by atoms with Crippen LogP contribution in [0.4, 0.5) is 10.1 Å². The second kappa shape index (κ2) is 6.78. The van der Waals surface area contributed by atoms with E-state index in [1.54, 1.807) is 6.07 Å². The summed E-state index contributed by atoms with van der Waals surface area (Å²) in [5, 5.41) is 2.64. The van der Waals surface area contributed by atoms with E-state index in [4.69, 9.17) is 18.0 Å². The highest BCUT2D eigenvalue weighted by Crippen LogP contribution is 2.19. The molecule has 21 heavy (non-hydrogen) atoms. The van der Waals surface area contributed by atoms with Crippen LogP contribution in [0.25, 0.3) is 0 Å². The lowest BCUT2D eigenvalue weighted by atomic mass is 10.1. The molecular weight excluding hydrogens is 355 g/mol. The molecule has 2 aromatic carbocycles. The first kappa shape index (κ1) is 15.6. The van der Waals surface area contributed by atoms with Crippen LogP contribution in [0.15, 0.2) is 46.9 Å². The van der Waals surface area contributed by atoms with Crippen LogP contribution in [0.2, 0.25) is 0 Å². The van der Waals surface area contributed by atoms with E-state index in [9.17, 15) is 9.18 Å². The molecule has 0 saturated carbocycles. The van der Waals surface area contributed by atoms with Gasteiger partial charge < -0.3 is 11.1 Å². The van der Waals surface area contributed by atoms with Crippen LogP contribution in [0.3, 0.4) is 0 Å². The largest absolute Gasteiger partial charge is 0.389 e. The zero-order chi connectivity index (χ0) is 15.4. The average molecular weight is 367 g/mol. The van der Waals surface area contributed by atoms with Gasteiger partial charge in [-0.3, -0.25) is 4.79 Å². The van der Waals surface area contributed by atoms with Gasteiger partial charge in [0, 0.05) is 4.47 Å². The fourth-order valence-corrected chi connectivity index (χ4v) is 2.33. The minimum absolute atomic E-state index is 0.0525. The van der Waals surface area contributed by atoms with Crippen LogP contribution in [-0.2, 0) is 11.2 Å². The van der Waals surface area contributed by atoms with Crippen molar-refractivity contribution in [2.24, 2.45) is 5.73 Å². The molecule has 108 valence electrons. The third-order valence-corrected chi connectivity index (χ3v) is 3.54. The standard InChI is InChI=1S/C15H12BrFN2OS/c16-10-6-4-9(5-7-10)8-13(20)19-12-3-1-2-11(17)14(12)15(18)21/h1-7H,8H2,(H2,18,21)(H,19,20). The number of rotatable bonds is 4. The molecule has 0 spiro atoms. The van der Waals surface area contributed by atoms with Crippen molar-refractivity contribution < 1.29 is 9.18 Å². The van der Waals surface area contributed by atoms with Gasteiger partial charge >= 0.3 is 0 Å². The van der Waals surface area contributed by atoms with E-state index in [0.717, 1.165) is 10.0 Å². The van der Waals surface area contributed by atoms with Crippen molar-refractivity contribution in [1.82, 2.24) is 0 Å². The van der Waals surface area contributed by atoms with Gasteiger partial charge in [-0.2, -0.15) is 0 Å². The summed E-state index contributed by atoms with van der Waals surface area (Å²) < 4.78 is 14.6. The summed E-state index contributed by atoms with van der Waals surface area (Å²) in [4.78, 5) is 11.9. The maximum atomic E-state index is 13.7. The summed E-state index contributed by atoms with van der Waals surface area (Å²) in [5.74, 6) is -0.815. The van der Waals surface area contributed by atoms with Crippen LogP contribution in [0.5, 0.6) is 0 Å². The Kier molecular flexibility index (Phi) is 5.03. The number of carbonyl (C=O) groups excluding carboxylic acids is 1. The fraction of sp³-hybridized carbons (Fsp3) is 0.0667. The molecule has 0 aromatic heterocycles. The highest BCUT2D eigenvalue weighted by molar-refractivity contribution is 9.10. The van der Waals surface area contributed by atoms with E-state index in [-0.39, 0.29) is 28.6 Å². The molecule has 3 N–H and O–H groups in total. The number of hydrogen-bond donors (Lipinski definition) is 2. The molecule has 1 amide bonds. The Balaban J connectivity index is 2.15. The number of thiocarbonyl (C=S) groups is 1. The van der Waals surface area contributed by atoms with Gasteiger partial charge in [0.2, 0.25) is 5.91 Å². The molecule has 2 aromatic rings. The Morgan fingerprint density at radius 2 is 1.90 bits per heavy atom. The minimum Gasteiger partial charge on any atom is -0.389 e. The van der Waals surface area contributed by atoms with Gasteiger partial charge in [-0.05, 0) is 29.8 Å². The van der Waals surface area contributed by atoms with Gasteiger partial charge in [-0.1, -0.05) is 46.3 Å². The van der Waals surface area contributed by atoms with Gasteiger partial charge in [0.1, 0.15) is 10.8 Å². The molecule has 0 aliphatic carbocycles. The topological polar surface area (TPSA) is 55.1 Å². The molecule has 0 aliphatic heterocycles. The number of halogens is 2. The molecule has 0 heterocycles. The molecule has 0 saturated heterocycles. The average Bonchev–Trinajstić information content (AvgIpc) is 2.41. The highest BCUT2D eigenvalue weighted by atomic mass is 79.9. The number of carbonyl (C=O) groups is 1. The van der Waals surface area contributed by atoms with Gasteiger partial charge in [0.15, 0.2) is 0 Å². The quantitative estimate of drug-likeness (QED) is 0.815. The number of benzene rings is 2. The minimum atomic E-state index is -0.552. The maximum Gasteiger partial charge on any atom is 0.228 e. The number of hydrogen-bond acceptors (Lipinski definition) is 2. The summed E-state index contributed by atoms with van der Waals surface area (Å²) in [6.45, 7) is 0. The van der Waals surface area contributed by atoms with Crippen molar-refractivity contribution in [2.45, 2.75) is 6.42 Å². The second-order valence-electron chi connectivity index (χ2n) is 4.38. The molecule has 2 rings (SSSR count). The lowest BCUT2D eigenvalue weighted by Gasteiger charge is -2.11. The first-order chi connectivity index (χ1) is 9.97. The molecule has 0 radical (unpaired) electrons. The summed E-state index contributed by atoms with van der Waals surface area (Å²) in [7, 11) is 0. The van der Waals surface area contributed by atoms with Crippen LogP contribution >= 0.6 is 28.1 Å². The van der Waals surface area contributed by atoms with E-state index >= 15 is 0 Å². The van der Waals surface area contributed by atoms with Gasteiger partial charge in [0.25, 0.3) is 0 Å². The van der Waals surface area contributed by atoms with E-state index in [1.165, 1.54) is 12.1 Å². The fourth-order valence-electron chi connectivity index (χ4n) is 1.86. The summed E-state index contributed by atoms with van der Waals surface area (Å²) in [6.07, 6.45) is 0.181. The Morgan fingerprint density at radius 1 is 1.24 bits per heavy atom. The number of anilines is 1. The van der Waals surface area contributed by atoms with Crippen LogP contribution in [0, 0.1) is 5.82 Å². The molecule has 3 nitrogen and oxygen atoms in total. The summed E-state index contributed by atoms with van der Waals surface area (Å²) in [5.41, 5.74) is 6.68. The van der Waals surface area contributed by atoms with Crippen LogP contribution in [-0.4, -0.2) is 10.9 Å². The van der Waals surface area contributed by atoms with Crippen LogP contribution in [0.1, 0.15) is 11.1 Å². The molecule has 0 bridgehead atoms. The first-order valence-electron chi connectivity index (χ1n) is 6.10. The van der Waals surface area contributed by atoms with Gasteiger partial charge in [0.05, 0.1) is 17.7 Å². The lowest BCUT2D eigenvalue weighted by molar-refractivity contribution is -0.115. The van der Waals surface area contributed by atoms with Crippen LogP contribution < -0.4 is 11.1 Å². The normalized spacial score (nSPS) is 10.2. The van der Waals surface area contributed by atoms with E-state index in [0.29, 0.717) is 0 Å². The SMILES string of the molecule is NC(=S)c1c(F)cccc1NC(=O)Cc1ccc(Br)cc1. The van der Waals surface area contributed by atoms with Crippen molar-refractivity contribution in [3.05, 3.63) is 63.9 Å². The van der Waals surface area contributed by atoms with Crippen molar-refractivity contribution in [3.63, 3.8) is 0 Å². The summed E-state index contributed by atoms with van der Waals surface area (Å²) in [6, 6.07) is 11.7. The Morgan fingerprint density at radius 3 is 2.52 bits per heavy atom. The Bertz CT molecular complexity index is 689. The van der Waals surface area contributed by atoms with Gasteiger partial charge in [-0.15, -0.1) is 0 Å². The smallest absolute Gasteiger partial charge is 0.228 e. The molecular formula is C15H12BrFN2OS. The molecule has 0 unspecified atom stereocenters. The lowest BCUT2D eigenvalue weighted by Crippen LogP contribution is -2.20. The maximum absolute atomic E-state index is 13.7. The van der Waals surface area contributed by atoms with Crippen molar-refractivity contribution in [2.75, 3.05) is 5.32 Å². The van der Waals surface area contributed by atoms with Crippen molar-refractivity contribution in [1.29, 1.82) is 0 Å². The number of amides is 1. The van der Waals surface area contributed by atoms with Crippen molar-refractivity contribution >= 4 is 44.7 Å². The van der Waals surface area contributed by atoms with E-state index in [2.05, 4.69) is 21.2 Å². The molecule has 0 aliphatic rings. The zero-order valence-electron chi connectivity index (χ0n) is 10.9. The van der Waals surface area contributed by atoms with E-state index in [1.807, 2.05) is 24.3 Å². The molecule has 0 atom stereocenters. The summed E-state index contributed by atoms with van der Waals surface area (Å²) >= 11 is 8.14. The predicted octanol–water partition coefficient (Wildman–Crippen LogP) is 3.40. The molecule has 0 fully saturated rings. The Labute approximate surface area is 135 Å². The first-order valence-corrected chi connectivity index (χ1v) is 7.30. The second-order valence-corrected chi connectivity index (χ2v) is 5.73. The van der Waals surface area contributed by atoms with Crippen molar-refractivity contribution in [3.8, 4) is 0 Å². The third-order valence-electron chi connectivity index (χ3n) is 2.81. The highest BCUT2D eigenvalue weighted by Gasteiger charge is 2.13. The number of nitrogens with two attached hydrogens (primary N) is 1. The molecule has 6 heteroatoms. The third kappa shape index (κ3) is 4.09. The van der Waals surface area contributed by atoms with E-state index < -0.39 is 5.82 Å².